The number of nitrogens with zero attached hydrogens (tertiary/aromatic N) is 2. The smallest absolute Gasteiger partial charge is 0.315 e. The highest BCUT2D eigenvalue weighted by molar-refractivity contribution is 5.85. The predicted molar refractivity (Wildman–Crippen MR) is 123 cm³/mol. The van der Waals surface area contributed by atoms with E-state index in [1.165, 1.54) is 37.6 Å². The highest BCUT2D eigenvalue weighted by Crippen LogP contribution is 2.38. The zero-order valence-corrected chi connectivity index (χ0v) is 18.1. The van der Waals surface area contributed by atoms with Crippen LogP contribution in [0.5, 0.6) is 17.2 Å². The molecule has 2 N–H and O–H groups in total. The summed E-state index contributed by atoms with van der Waals surface area (Å²) in [7, 11) is 1.39. The lowest BCUT2D eigenvalue weighted by Crippen LogP contribution is -2.19. The molecule has 0 aromatic heterocycles. The van der Waals surface area contributed by atoms with Crippen LogP contribution >= 0.6 is 0 Å². The summed E-state index contributed by atoms with van der Waals surface area (Å²) in [6.07, 6.45) is 1.35. The summed E-state index contributed by atoms with van der Waals surface area (Å²) in [5, 5.41) is 24.8. The van der Waals surface area contributed by atoms with Crippen LogP contribution in [0.1, 0.15) is 22.3 Å². The van der Waals surface area contributed by atoms with Crippen LogP contribution in [0.15, 0.2) is 65.8 Å². The molecule has 0 unspecified atom stereocenters. The van der Waals surface area contributed by atoms with Gasteiger partial charge in [0.05, 0.1) is 24.7 Å². The molecule has 0 heterocycles. The maximum Gasteiger partial charge on any atom is 0.315 e. The molecule has 0 fully saturated rings. The second kappa shape index (κ2) is 10.8. The molecule has 0 saturated heterocycles. The van der Waals surface area contributed by atoms with Gasteiger partial charge in [0.2, 0.25) is 11.7 Å². The Kier molecular flexibility index (Phi) is 7.59. The first-order valence-corrected chi connectivity index (χ1v) is 10.0. The summed E-state index contributed by atoms with van der Waals surface area (Å²) in [4.78, 5) is 23.2. The van der Waals surface area contributed by atoms with Crippen molar-refractivity contribution in [1.82, 2.24) is 5.43 Å². The van der Waals surface area contributed by atoms with Gasteiger partial charge in [0.25, 0.3) is 0 Å². The third kappa shape index (κ3) is 6.30. The molecule has 0 radical (unpaired) electrons. The molecule has 0 spiro atoms. The van der Waals surface area contributed by atoms with Gasteiger partial charge in [-0.05, 0) is 41.8 Å². The molecule has 170 valence electrons. The Morgan fingerprint density at radius 3 is 2.58 bits per heavy atom. The molecule has 3 aromatic rings. The van der Waals surface area contributed by atoms with Crippen molar-refractivity contribution in [3.05, 3.63) is 93.0 Å². The Hall–Kier alpha value is -4.40. The molecule has 3 aromatic carbocycles. The maximum atomic E-state index is 12.0. The van der Waals surface area contributed by atoms with E-state index in [9.17, 15) is 20.0 Å². The molecule has 0 atom stereocenters. The van der Waals surface area contributed by atoms with E-state index in [4.69, 9.17) is 9.47 Å². The summed E-state index contributed by atoms with van der Waals surface area (Å²) in [5.41, 5.74) is 5.06. The first kappa shape index (κ1) is 23.3. The Morgan fingerprint density at radius 2 is 1.91 bits per heavy atom. The molecule has 0 saturated carbocycles. The number of rotatable bonds is 9. The first-order chi connectivity index (χ1) is 15.9. The van der Waals surface area contributed by atoms with Gasteiger partial charge in [0, 0.05) is 11.6 Å². The van der Waals surface area contributed by atoms with Gasteiger partial charge in [-0.25, -0.2) is 5.43 Å². The lowest BCUT2D eigenvalue weighted by atomic mass is 10.1. The number of benzene rings is 3. The van der Waals surface area contributed by atoms with E-state index in [1.807, 2.05) is 31.2 Å². The Bertz CT molecular complexity index is 1180. The number of hydrazone groups is 1. The molecular weight excluding hydrogens is 426 g/mol. The van der Waals surface area contributed by atoms with Crippen molar-refractivity contribution >= 4 is 17.8 Å². The van der Waals surface area contributed by atoms with E-state index >= 15 is 0 Å². The predicted octanol–water partition coefficient (Wildman–Crippen LogP) is 3.89. The monoisotopic (exact) mass is 449 g/mol. The molecule has 0 bridgehead atoms. The Balaban J connectivity index is 1.74. The van der Waals surface area contributed by atoms with Crippen LogP contribution in [0, 0.1) is 17.0 Å². The van der Waals surface area contributed by atoms with Gasteiger partial charge >= 0.3 is 5.69 Å². The van der Waals surface area contributed by atoms with Gasteiger partial charge in [-0.2, -0.15) is 5.10 Å². The minimum Gasteiger partial charge on any atom is -0.508 e. The number of methoxy groups -OCH3 is 1. The zero-order chi connectivity index (χ0) is 23.8. The van der Waals surface area contributed by atoms with Crippen molar-refractivity contribution in [2.24, 2.45) is 5.10 Å². The van der Waals surface area contributed by atoms with Crippen molar-refractivity contribution in [2.45, 2.75) is 20.0 Å². The third-order valence-corrected chi connectivity index (χ3v) is 4.81. The number of phenols is 1. The Morgan fingerprint density at radius 1 is 1.18 bits per heavy atom. The molecular formula is C24H23N3O6. The van der Waals surface area contributed by atoms with Crippen LogP contribution in [-0.2, 0) is 17.8 Å². The van der Waals surface area contributed by atoms with Gasteiger partial charge < -0.3 is 14.6 Å². The topological polar surface area (TPSA) is 123 Å². The number of amides is 1. The fraction of sp³-hybridized carbons (Fsp3) is 0.167. The minimum absolute atomic E-state index is 0.0132. The van der Waals surface area contributed by atoms with Gasteiger partial charge in [0.15, 0.2) is 5.75 Å². The fourth-order valence-corrected chi connectivity index (χ4v) is 3.05. The second-order valence-corrected chi connectivity index (χ2v) is 7.18. The van der Waals surface area contributed by atoms with Gasteiger partial charge in [-0.3, -0.25) is 14.9 Å². The van der Waals surface area contributed by atoms with E-state index in [2.05, 4.69) is 10.5 Å². The highest BCUT2D eigenvalue weighted by atomic mass is 16.6. The first-order valence-electron chi connectivity index (χ1n) is 10.0. The molecule has 1 amide bonds. The number of hydrogen-bond donors (Lipinski definition) is 2. The number of nitro benzene ring substituents is 1. The van der Waals surface area contributed by atoms with Crippen LogP contribution in [-0.4, -0.2) is 29.3 Å². The van der Waals surface area contributed by atoms with Crippen LogP contribution < -0.4 is 14.9 Å². The number of carbonyl (C=O) groups is 1. The second-order valence-electron chi connectivity index (χ2n) is 7.18. The van der Waals surface area contributed by atoms with Crippen LogP contribution in [0.4, 0.5) is 5.69 Å². The lowest BCUT2D eigenvalue weighted by Gasteiger charge is -2.13. The van der Waals surface area contributed by atoms with E-state index in [-0.39, 0.29) is 41.9 Å². The van der Waals surface area contributed by atoms with Crippen molar-refractivity contribution in [3.63, 3.8) is 0 Å². The molecule has 0 aliphatic heterocycles. The van der Waals surface area contributed by atoms with Crippen LogP contribution in [0.25, 0.3) is 0 Å². The van der Waals surface area contributed by atoms with Gasteiger partial charge in [-0.15, -0.1) is 0 Å². The third-order valence-electron chi connectivity index (χ3n) is 4.81. The number of nitrogens with one attached hydrogen (secondary N) is 1. The largest absolute Gasteiger partial charge is 0.508 e. The average Bonchev–Trinajstić information content (AvgIpc) is 2.80. The number of hydrogen-bond acceptors (Lipinski definition) is 7. The summed E-state index contributed by atoms with van der Waals surface area (Å²) >= 11 is 0. The van der Waals surface area contributed by atoms with Crippen molar-refractivity contribution in [2.75, 3.05) is 7.11 Å². The summed E-state index contributed by atoms with van der Waals surface area (Å²) in [6.45, 7) is 2.07. The molecule has 3 rings (SSSR count). The minimum atomic E-state index is -0.559. The number of carbonyl (C=O) groups excluding carboxylic acids is 1. The number of ether oxygens (including phenoxy) is 2. The van der Waals surface area contributed by atoms with E-state index in [0.29, 0.717) is 11.1 Å². The maximum absolute atomic E-state index is 12.0. The quantitative estimate of drug-likeness (QED) is 0.290. The van der Waals surface area contributed by atoms with E-state index in [1.54, 1.807) is 12.1 Å². The number of phenolic OH excluding ortho intramolecular Hbond substituents is 1. The average molecular weight is 449 g/mol. The van der Waals surface area contributed by atoms with Crippen molar-refractivity contribution < 1.29 is 24.3 Å². The van der Waals surface area contributed by atoms with Crippen molar-refractivity contribution in [3.8, 4) is 17.2 Å². The molecule has 0 aliphatic carbocycles. The van der Waals surface area contributed by atoms with Crippen LogP contribution in [0.3, 0.4) is 0 Å². The van der Waals surface area contributed by atoms with Crippen LogP contribution in [0.2, 0.25) is 0 Å². The van der Waals surface area contributed by atoms with Gasteiger partial charge in [-0.1, -0.05) is 36.4 Å². The lowest BCUT2D eigenvalue weighted by molar-refractivity contribution is -0.386. The normalized spacial score (nSPS) is 10.7. The molecule has 33 heavy (non-hydrogen) atoms. The molecule has 0 aliphatic rings. The summed E-state index contributed by atoms with van der Waals surface area (Å²) < 4.78 is 11.1. The number of aromatic hydroxyl groups is 1. The zero-order valence-electron chi connectivity index (χ0n) is 18.1. The number of nitro groups is 1. The highest BCUT2D eigenvalue weighted by Gasteiger charge is 2.22. The summed E-state index contributed by atoms with van der Waals surface area (Å²) in [6, 6.07) is 16.6. The van der Waals surface area contributed by atoms with E-state index in [0.717, 1.165) is 11.1 Å². The fourth-order valence-electron chi connectivity index (χ4n) is 3.05. The van der Waals surface area contributed by atoms with E-state index < -0.39 is 4.92 Å². The SMILES string of the molecule is COc1cc(/C=N\NC(=O)Cc2ccc(O)cc2)cc([N+](=O)[O-])c1OCc1ccccc1C. The molecule has 9 nitrogen and oxygen atoms in total. The standard InChI is InChI=1S/C24H23N3O6/c1-16-5-3-4-6-19(16)15-33-24-21(27(30)31)11-18(12-22(24)32-2)14-25-26-23(29)13-17-7-9-20(28)10-8-17/h3-12,14,28H,13,15H2,1-2H3,(H,26,29)/b25-14-. The molecule has 9 heteroatoms. The summed E-state index contributed by atoms with van der Waals surface area (Å²) in [5.74, 6) is -0.0791. The van der Waals surface area contributed by atoms with Gasteiger partial charge in [0.1, 0.15) is 12.4 Å². The number of aryl methyl sites for hydroxylation is 1. The Labute approximate surface area is 190 Å². The van der Waals surface area contributed by atoms with Crippen molar-refractivity contribution in [1.29, 1.82) is 0 Å².